The van der Waals surface area contributed by atoms with Crippen molar-refractivity contribution in [3.05, 3.63) is 43.5 Å². The Bertz CT molecular complexity index is 978. The summed E-state index contributed by atoms with van der Waals surface area (Å²) >= 11 is 2.93. The Kier molecular flexibility index (Phi) is 6.32. The maximum atomic E-state index is 12.7. The minimum absolute atomic E-state index is 0.0106. The van der Waals surface area contributed by atoms with Gasteiger partial charge in [-0.1, -0.05) is 6.92 Å². The Balaban J connectivity index is 1.92. The number of thiophene rings is 2. The average Bonchev–Trinajstić information content (AvgIpc) is 3.21. The van der Waals surface area contributed by atoms with E-state index in [4.69, 9.17) is 4.74 Å². The standard InChI is InChI=1S/C21H22N2O3S2/c1-4-26-21(25)18-16-8-5-12(2)9-17(16)28-20(18)23-19(24)14(11-22)10-15-7-6-13(3)27-15/h6-7,10,12H,4-5,8-9H2,1-3H3,(H,23,24)/b14-10+/t12-/m1/s1. The summed E-state index contributed by atoms with van der Waals surface area (Å²) in [6.45, 7) is 6.19. The van der Waals surface area contributed by atoms with Crippen LogP contribution in [-0.2, 0) is 22.4 Å². The summed E-state index contributed by atoms with van der Waals surface area (Å²) in [5, 5.41) is 12.7. The topological polar surface area (TPSA) is 79.2 Å². The van der Waals surface area contributed by atoms with Crippen LogP contribution in [0.25, 0.3) is 6.08 Å². The lowest BCUT2D eigenvalue weighted by Crippen LogP contribution is -2.17. The van der Waals surface area contributed by atoms with E-state index in [2.05, 4.69) is 12.2 Å². The average molecular weight is 415 g/mol. The predicted octanol–water partition coefficient (Wildman–Crippen LogP) is 4.97. The molecule has 0 fully saturated rings. The SMILES string of the molecule is CCOC(=O)c1c(NC(=O)/C(C#N)=C/c2ccc(C)s2)sc2c1CC[C@@H](C)C2. The Morgan fingerprint density at radius 2 is 2.18 bits per heavy atom. The van der Waals surface area contributed by atoms with Gasteiger partial charge in [0, 0.05) is 14.6 Å². The molecule has 28 heavy (non-hydrogen) atoms. The Morgan fingerprint density at radius 1 is 1.39 bits per heavy atom. The Hall–Kier alpha value is -2.43. The number of rotatable bonds is 5. The quantitative estimate of drug-likeness (QED) is 0.426. The first-order chi connectivity index (χ1) is 13.4. The van der Waals surface area contributed by atoms with Crippen LogP contribution in [-0.4, -0.2) is 18.5 Å². The van der Waals surface area contributed by atoms with Gasteiger partial charge in [0.15, 0.2) is 0 Å². The number of amides is 1. The fraction of sp³-hybridized carbons (Fsp3) is 0.381. The van der Waals surface area contributed by atoms with Crippen molar-refractivity contribution in [2.24, 2.45) is 5.92 Å². The molecule has 2 aromatic heterocycles. The van der Waals surface area contributed by atoms with E-state index in [9.17, 15) is 14.9 Å². The molecule has 1 amide bonds. The van der Waals surface area contributed by atoms with Gasteiger partial charge in [-0.3, -0.25) is 4.79 Å². The monoisotopic (exact) mass is 414 g/mol. The molecule has 0 aromatic carbocycles. The highest BCUT2D eigenvalue weighted by Crippen LogP contribution is 2.40. The van der Waals surface area contributed by atoms with Gasteiger partial charge in [0.2, 0.25) is 0 Å². The summed E-state index contributed by atoms with van der Waals surface area (Å²) in [6.07, 6.45) is 4.27. The van der Waals surface area contributed by atoms with E-state index in [-0.39, 0.29) is 12.2 Å². The zero-order valence-electron chi connectivity index (χ0n) is 16.1. The van der Waals surface area contributed by atoms with Gasteiger partial charge >= 0.3 is 5.97 Å². The van der Waals surface area contributed by atoms with Crippen molar-refractivity contribution in [1.82, 2.24) is 0 Å². The number of aryl methyl sites for hydroxylation is 1. The molecule has 0 spiro atoms. The molecular formula is C21H22N2O3S2. The van der Waals surface area contributed by atoms with Crippen molar-refractivity contribution in [1.29, 1.82) is 5.26 Å². The smallest absolute Gasteiger partial charge is 0.341 e. The number of hydrogen-bond donors (Lipinski definition) is 1. The summed E-state index contributed by atoms with van der Waals surface area (Å²) in [6, 6.07) is 5.78. The molecule has 3 rings (SSSR count). The molecule has 2 heterocycles. The first-order valence-electron chi connectivity index (χ1n) is 9.24. The van der Waals surface area contributed by atoms with Crippen LogP contribution in [0.4, 0.5) is 5.00 Å². The number of anilines is 1. The van der Waals surface area contributed by atoms with Crippen molar-refractivity contribution in [3.8, 4) is 6.07 Å². The molecular weight excluding hydrogens is 392 g/mol. The van der Waals surface area contributed by atoms with E-state index in [1.54, 1.807) is 13.0 Å². The number of hydrogen-bond acceptors (Lipinski definition) is 6. The van der Waals surface area contributed by atoms with Crippen molar-refractivity contribution in [3.63, 3.8) is 0 Å². The van der Waals surface area contributed by atoms with Crippen LogP contribution in [0.2, 0.25) is 0 Å². The molecule has 0 bridgehead atoms. The largest absolute Gasteiger partial charge is 0.462 e. The second-order valence-electron chi connectivity index (χ2n) is 6.85. The van der Waals surface area contributed by atoms with Crippen LogP contribution in [0.5, 0.6) is 0 Å². The van der Waals surface area contributed by atoms with Gasteiger partial charge in [0.05, 0.1) is 12.2 Å². The molecule has 1 N–H and O–H groups in total. The van der Waals surface area contributed by atoms with E-state index >= 15 is 0 Å². The third-order valence-corrected chi connectivity index (χ3v) is 6.75. The Labute approximate surface area is 172 Å². The van der Waals surface area contributed by atoms with Crippen molar-refractivity contribution in [2.45, 2.75) is 40.0 Å². The van der Waals surface area contributed by atoms with Crippen LogP contribution in [0, 0.1) is 24.2 Å². The third kappa shape index (κ3) is 4.34. The number of carbonyl (C=O) groups is 2. The van der Waals surface area contributed by atoms with Gasteiger partial charge in [0.25, 0.3) is 5.91 Å². The van der Waals surface area contributed by atoms with Gasteiger partial charge in [-0.25, -0.2) is 4.79 Å². The molecule has 0 radical (unpaired) electrons. The lowest BCUT2D eigenvalue weighted by atomic mass is 9.88. The van der Waals surface area contributed by atoms with E-state index in [1.165, 1.54) is 22.7 Å². The summed E-state index contributed by atoms with van der Waals surface area (Å²) in [5.74, 6) is -0.381. The van der Waals surface area contributed by atoms with E-state index < -0.39 is 11.9 Å². The van der Waals surface area contributed by atoms with Gasteiger partial charge in [-0.2, -0.15) is 5.26 Å². The fourth-order valence-corrected chi connectivity index (χ4v) is 5.46. The van der Waals surface area contributed by atoms with Gasteiger partial charge < -0.3 is 10.1 Å². The number of nitrogens with zero attached hydrogens (tertiary/aromatic N) is 1. The van der Waals surface area contributed by atoms with Crippen LogP contribution >= 0.6 is 22.7 Å². The summed E-state index contributed by atoms with van der Waals surface area (Å²) in [7, 11) is 0. The maximum absolute atomic E-state index is 12.7. The van der Waals surface area contributed by atoms with Crippen LogP contribution in [0.15, 0.2) is 17.7 Å². The third-order valence-electron chi connectivity index (χ3n) is 4.63. The second kappa shape index (κ2) is 8.72. The maximum Gasteiger partial charge on any atom is 0.341 e. The van der Waals surface area contributed by atoms with Crippen LogP contribution < -0.4 is 5.32 Å². The minimum Gasteiger partial charge on any atom is -0.462 e. The number of nitriles is 1. The predicted molar refractivity (Wildman–Crippen MR) is 113 cm³/mol. The van der Waals surface area contributed by atoms with Crippen molar-refractivity contribution >= 4 is 45.6 Å². The Morgan fingerprint density at radius 3 is 2.82 bits per heavy atom. The first kappa shape index (κ1) is 20.3. The van der Waals surface area contributed by atoms with Crippen LogP contribution in [0.3, 0.4) is 0 Å². The molecule has 1 atom stereocenters. The molecule has 1 aliphatic carbocycles. The first-order valence-corrected chi connectivity index (χ1v) is 10.9. The van der Waals surface area contributed by atoms with Crippen LogP contribution in [0.1, 0.15) is 50.8 Å². The highest BCUT2D eigenvalue weighted by Gasteiger charge is 2.29. The molecule has 0 aliphatic heterocycles. The minimum atomic E-state index is -0.509. The number of fused-ring (bicyclic) bond motifs is 1. The number of esters is 1. The molecule has 0 saturated heterocycles. The molecule has 146 valence electrons. The molecule has 7 heteroatoms. The number of nitrogens with one attached hydrogen (secondary N) is 1. The van der Waals surface area contributed by atoms with Gasteiger partial charge in [-0.05, 0) is 62.8 Å². The summed E-state index contributed by atoms with van der Waals surface area (Å²) in [5.41, 5.74) is 1.44. The molecule has 1 aliphatic rings. The molecule has 0 saturated carbocycles. The molecule has 5 nitrogen and oxygen atoms in total. The highest BCUT2D eigenvalue weighted by atomic mass is 32.1. The molecule has 2 aromatic rings. The van der Waals surface area contributed by atoms with Crippen molar-refractivity contribution < 1.29 is 14.3 Å². The second-order valence-corrected chi connectivity index (χ2v) is 9.27. The zero-order valence-corrected chi connectivity index (χ0v) is 17.8. The summed E-state index contributed by atoms with van der Waals surface area (Å²) in [4.78, 5) is 28.3. The van der Waals surface area contributed by atoms with Crippen molar-refractivity contribution in [2.75, 3.05) is 11.9 Å². The normalized spacial score (nSPS) is 16.2. The van der Waals surface area contributed by atoms with E-state index in [1.807, 2.05) is 25.1 Å². The summed E-state index contributed by atoms with van der Waals surface area (Å²) < 4.78 is 5.23. The number of carbonyl (C=O) groups excluding carboxylic acids is 2. The lowest BCUT2D eigenvalue weighted by molar-refractivity contribution is -0.112. The van der Waals surface area contributed by atoms with Gasteiger partial charge in [-0.15, -0.1) is 22.7 Å². The van der Waals surface area contributed by atoms with Gasteiger partial charge in [0.1, 0.15) is 16.6 Å². The zero-order chi connectivity index (χ0) is 20.3. The fourth-order valence-electron chi connectivity index (χ4n) is 3.25. The highest BCUT2D eigenvalue weighted by molar-refractivity contribution is 7.17. The number of ether oxygens (including phenoxy) is 1. The van der Waals surface area contributed by atoms with E-state index in [0.29, 0.717) is 16.5 Å². The molecule has 0 unspecified atom stereocenters. The van der Waals surface area contributed by atoms with E-state index in [0.717, 1.165) is 39.5 Å². The lowest BCUT2D eigenvalue weighted by Gasteiger charge is -2.18.